The molecule has 0 aliphatic heterocycles. The number of hydrogen-bond donors (Lipinski definition) is 1. The van der Waals surface area contributed by atoms with E-state index in [-0.39, 0.29) is 6.04 Å². The number of hydrogen-bond acceptors (Lipinski definition) is 4. The molecular formula is C13H23N3O. The molecule has 0 aromatic heterocycles. The van der Waals surface area contributed by atoms with E-state index in [9.17, 15) is 0 Å². The van der Waals surface area contributed by atoms with Crippen LogP contribution in [-0.2, 0) is 0 Å². The lowest BCUT2D eigenvalue weighted by Crippen LogP contribution is -2.39. The highest BCUT2D eigenvalue weighted by Crippen LogP contribution is 2.19. The maximum atomic E-state index is 5.76. The van der Waals surface area contributed by atoms with Crippen molar-refractivity contribution in [1.29, 1.82) is 0 Å². The molecule has 0 heterocycles. The summed E-state index contributed by atoms with van der Waals surface area (Å²) >= 11 is 0. The highest BCUT2D eigenvalue weighted by Gasteiger charge is 2.10. The lowest BCUT2D eigenvalue weighted by atomic mass is 10.2. The molecule has 4 heteroatoms. The third-order valence-electron chi connectivity index (χ3n) is 2.78. The molecule has 1 unspecified atom stereocenters. The summed E-state index contributed by atoms with van der Waals surface area (Å²) in [6.07, 6.45) is 0. The summed E-state index contributed by atoms with van der Waals surface area (Å²) in [7, 11) is 8.05. The van der Waals surface area contributed by atoms with Crippen molar-refractivity contribution >= 4 is 5.69 Å². The van der Waals surface area contributed by atoms with Crippen molar-refractivity contribution in [3.05, 3.63) is 24.3 Å². The Morgan fingerprint density at radius 3 is 2.47 bits per heavy atom. The zero-order valence-corrected chi connectivity index (χ0v) is 11.2. The van der Waals surface area contributed by atoms with Gasteiger partial charge in [0.25, 0.3) is 0 Å². The molecule has 0 aliphatic carbocycles. The number of likely N-dealkylation sites (N-methyl/N-ethyl adjacent to an activating group) is 1. The Hall–Kier alpha value is -1.26. The molecule has 0 fully saturated rings. The molecule has 2 N–H and O–H groups in total. The smallest absolute Gasteiger partial charge is 0.121 e. The Balaban J connectivity index is 2.59. The molecule has 0 amide bonds. The number of nitrogens with zero attached hydrogens (tertiary/aromatic N) is 2. The van der Waals surface area contributed by atoms with Crippen molar-refractivity contribution in [3.63, 3.8) is 0 Å². The Bertz CT molecular complexity index is 339. The van der Waals surface area contributed by atoms with E-state index >= 15 is 0 Å². The van der Waals surface area contributed by atoms with Gasteiger partial charge in [0.05, 0.1) is 6.04 Å². The summed E-state index contributed by atoms with van der Waals surface area (Å²) in [5, 5.41) is 0. The van der Waals surface area contributed by atoms with E-state index in [0.29, 0.717) is 13.2 Å². The molecule has 1 atom stereocenters. The van der Waals surface area contributed by atoms with E-state index in [4.69, 9.17) is 10.5 Å². The summed E-state index contributed by atoms with van der Waals surface area (Å²) in [4.78, 5) is 4.13. The Morgan fingerprint density at radius 1 is 1.24 bits per heavy atom. The van der Waals surface area contributed by atoms with Crippen molar-refractivity contribution in [2.75, 3.05) is 46.2 Å². The SMILES string of the molecule is CN(C)c1cccc(OCC(CN)N(C)C)c1. The van der Waals surface area contributed by atoms with Crippen LogP contribution in [0, 0.1) is 0 Å². The van der Waals surface area contributed by atoms with E-state index in [1.807, 2.05) is 46.4 Å². The van der Waals surface area contributed by atoms with E-state index in [1.54, 1.807) is 0 Å². The van der Waals surface area contributed by atoms with Gasteiger partial charge in [-0.25, -0.2) is 0 Å². The fraction of sp³-hybridized carbons (Fsp3) is 0.538. The van der Waals surface area contributed by atoms with Crippen LogP contribution in [0.15, 0.2) is 24.3 Å². The normalized spacial score (nSPS) is 12.6. The summed E-state index contributed by atoms with van der Waals surface area (Å²) in [6.45, 7) is 1.21. The monoisotopic (exact) mass is 237 g/mol. The molecule has 0 aliphatic rings. The Labute approximate surface area is 104 Å². The number of ether oxygens (including phenoxy) is 1. The van der Waals surface area contributed by atoms with Crippen LogP contribution in [0.25, 0.3) is 0 Å². The van der Waals surface area contributed by atoms with E-state index < -0.39 is 0 Å². The standard InChI is InChI=1S/C13H23N3O/c1-15(2)11-6-5-7-13(8-11)17-10-12(9-14)16(3)4/h5-8,12H,9-10,14H2,1-4H3. The summed E-state index contributed by atoms with van der Waals surface area (Å²) in [5.41, 5.74) is 6.82. The Kier molecular flexibility index (Phi) is 5.25. The van der Waals surface area contributed by atoms with Crippen molar-refractivity contribution in [1.82, 2.24) is 4.90 Å². The predicted octanol–water partition coefficient (Wildman–Crippen LogP) is 1.02. The first-order valence-electron chi connectivity index (χ1n) is 5.81. The van der Waals surface area contributed by atoms with Crippen LogP contribution in [-0.4, -0.2) is 52.3 Å². The third kappa shape index (κ3) is 4.24. The molecule has 1 aromatic rings. The van der Waals surface area contributed by atoms with Crippen LogP contribution in [0.5, 0.6) is 5.75 Å². The number of rotatable bonds is 6. The summed E-state index contributed by atoms with van der Waals surface area (Å²) in [6, 6.07) is 8.30. The topological polar surface area (TPSA) is 41.7 Å². The van der Waals surface area contributed by atoms with Gasteiger partial charge in [-0.15, -0.1) is 0 Å². The van der Waals surface area contributed by atoms with Gasteiger partial charge in [-0.05, 0) is 26.2 Å². The molecule has 0 spiro atoms. The van der Waals surface area contributed by atoms with Crippen LogP contribution >= 0.6 is 0 Å². The molecule has 0 radical (unpaired) electrons. The van der Waals surface area contributed by atoms with Gasteiger partial charge in [0.2, 0.25) is 0 Å². The predicted molar refractivity (Wildman–Crippen MR) is 72.8 cm³/mol. The largest absolute Gasteiger partial charge is 0.492 e. The highest BCUT2D eigenvalue weighted by molar-refractivity contribution is 5.49. The van der Waals surface area contributed by atoms with Crippen LogP contribution in [0.2, 0.25) is 0 Å². The second-order valence-electron chi connectivity index (χ2n) is 4.56. The van der Waals surface area contributed by atoms with Gasteiger partial charge < -0.3 is 20.3 Å². The lowest BCUT2D eigenvalue weighted by molar-refractivity contribution is 0.190. The molecule has 1 aromatic carbocycles. The molecule has 0 saturated heterocycles. The van der Waals surface area contributed by atoms with Crippen LogP contribution in [0.1, 0.15) is 0 Å². The Morgan fingerprint density at radius 2 is 1.94 bits per heavy atom. The number of nitrogens with two attached hydrogens (primary N) is 1. The lowest BCUT2D eigenvalue weighted by Gasteiger charge is -2.23. The third-order valence-corrected chi connectivity index (χ3v) is 2.78. The summed E-state index contributed by atoms with van der Waals surface area (Å²) < 4.78 is 5.76. The van der Waals surface area contributed by atoms with Gasteiger partial charge in [0.15, 0.2) is 0 Å². The molecule has 0 bridgehead atoms. The van der Waals surface area contributed by atoms with Crippen LogP contribution in [0.3, 0.4) is 0 Å². The average Bonchev–Trinajstić information content (AvgIpc) is 2.29. The second-order valence-corrected chi connectivity index (χ2v) is 4.56. The van der Waals surface area contributed by atoms with Crippen molar-refractivity contribution in [3.8, 4) is 5.75 Å². The van der Waals surface area contributed by atoms with E-state index in [2.05, 4.69) is 15.9 Å². The summed E-state index contributed by atoms with van der Waals surface area (Å²) in [5.74, 6) is 0.886. The van der Waals surface area contributed by atoms with Gasteiger partial charge in [0.1, 0.15) is 12.4 Å². The minimum atomic E-state index is 0.248. The van der Waals surface area contributed by atoms with Gasteiger partial charge >= 0.3 is 0 Å². The van der Waals surface area contributed by atoms with E-state index in [0.717, 1.165) is 11.4 Å². The van der Waals surface area contributed by atoms with Gasteiger partial charge in [0, 0.05) is 32.4 Å². The first-order valence-corrected chi connectivity index (χ1v) is 5.81. The molecule has 0 saturated carbocycles. The van der Waals surface area contributed by atoms with Gasteiger partial charge in [-0.2, -0.15) is 0 Å². The fourth-order valence-electron chi connectivity index (χ4n) is 1.47. The second kappa shape index (κ2) is 6.47. The molecule has 1 rings (SSSR count). The quantitative estimate of drug-likeness (QED) is 0.802. The first kappa shape index (κ1) is 13.8. The average molecular weight is 237 g/mol. The first-order chi connectivity index (χ1) is 8.04. The molecule has 17 heavy (non-hydrogen) atoms. The maximum absolute atomic E-state index is 5.76. The van der Waals surface area contributed by atoms with Crippen molar-refractivity contribution in [2.45, 2.75) is 6.04 Å². The number of anilines is 1. The van der Waals surface area contributed by atoms with Gasteiger partial charge in [-0.3, -0.25) is 0 Å². The van der Waals surface area contributed by atoms with Crippen LogP contribution in [0.4, 0.5) is 5.69 Å². The zero-order valence-electron chi connectivity index (χ0n) is 11.2. The molecular weight excluding hydrogens is 214 g/mol. The van der Waals surface area contributed by atoms with Crippen molar-refractivity contribution in [2.24, 2.45) is 5.73 Å². The van der Waals surface area contributed by atoms with E-state index in [1.165, 1.54) is 0 Å². The molecule has 96 valence electrons. The minimum absolute atomic E-state index is 0.248. The van der Waals surface area contributed by atoms with Crippen molar-refractivity contribution < 1.29 is 4.74 Å². The minimum Gasteiger partial charge on any atom is -0.492 e. The zero-order chi connectivity index (χ0) is 12.8. The highest BCUT2D eigenvalue weighted by atomic mass is 16.5. The fourth-order valence-corrected chi connectivity index (χ4v) is 1.47. The number of benzene rings is 1. The maximum Gasteiger partial charge on any atom is 0.121 e. The molecule has 4 nitrogen and oxygen atoms in total. The van der Waals surface area contributed by atoms with Crippen LogP contribution < -0.4 is 15.4 Å². The van der Waals surface area contributed by atoms with Gasteiger partial charge in [-0.1, -0.05) is 6.07 Å².